The Bertz CT molecular complexity index is 597. The summed E-state index contributed by atoms with van der Waals surface area (Å²) in [6, 6.07) is 11.8. The highest BCUT2D eigenvalue weighted by atomic mass is 16.2. The number of fused-ring (bicyclic) bond motifs is 1. The van der Waals surface area contributed by atoms with E-state index >= 15 is 0 Å². The number of aryl methyl sites for hydroxylation is 1. The molecule has 20 heavy (non-hydrogen) atoms. The van der Waals surface area contributed by atoms with Crippen molar-refractivity contribution in [2.45, 2.75) is 25.9 Å². The van der Waals surface area contributed by atoms with E-state index < -0.39 is 0 Å². The first kappa shape index (κ1) is 12.7. The summed E-state index contributed by atoms with van der Waals surface area (Å²) < 4.78 is 0. The zero-order valence-corrected chi connectivity index (χ0v) is 11.4. The predicted octanol–water partition coefficient (Wildman–Crippen LogP) is 2.04. The van der Waals surface area contributed by atoms with Gasteiger partial charge in [-0.05, 0) is 30.2 Å². The highest BCUT2D eigenvalue weighted by Crippen LogP contribution is 2.25. The molecule has 2 N–H and O–H groups in total. The van der Waals surface area contributed by atoms with Gasteiger partial charge < -0.3 is 10.6 Å². The Morgan fingerprint density at radius 1 is 1.35 bits per heavy atom. The summed E-state index contributed by atoms with van der Waals surface area (Å²) in [5.74, 6) is 0.0294. The number of carbonyl (C=O) groups is 1. The first-order valence-corrected chi connectivity index (χ1v) is 6.76. The number of aromatic nitrogens is 1. The zero-order chi connectivity index (χ0) is 13.9. The van der Waals surface area contributed by atoms with Crippen molar-refractivity contribution in [1.29, 1.82) is 0 Å². The molecule has 1 aliphatic rings. The minimum Gasteiger partial charge on any atom is -0.373 e. The Balaban J connectivity index is 1.57. The van der Waals surface area contributed by atoms with E-state index in [9.17, 15) is 4.79 Å². The summed E-state index contributed by atoms with van der Waals surface area (Å²) >= 11 is 0. The van der Waals surface area contributed by atoms with Gasteiger partial charge in [0.15, 0.2) is 0 Å². The molecule has 4 nitrogen and oxygen atoms in total. The molecule has 0 radical (unpaired) electrons. The second kappa shape index (κ2) is 5.33. The number of rotatable bonds is 3. The van der Waals surface area contributed by atoms with Crippen LogP contribution >= 0.6 is 0 Å². The summed E-state index contributed by atoms with van der Waals surface area (Å²) in [7, 11) is 0. The van der Waals surface area contributed by atoms with Gasteiger partial charge in [0.05, 0.1) is 0 Å². The third-order valence-corrected chi connectivity index (χ3v) is 3.53. The van der Waals surface area contributed by atoms with Crippen molar-refractivity contribution in [1.82, 2.24) is 10.3 Å². The number of pyridine rings is 1. The monoisotopic (exact) mass is 267 g/mol. The van der Waals surface area contributed by atoms with E-state index in [4.69, 9.17) is 0 Å². The molecule has 0 aliphatic carbocycles. The quantitative estimate of drug-likeness (QED) is 0.895. The maximum Gasteiger partial charge on any atom is 0.243 e. The van der Waals surface area contributed by atoms with Crippen LogP contribution in [0.3, 0.4) is 0 Å². The van der Waals surface area contributed by atoms with E-state index in [0.717, 1.165) is 23.4 Å². The number of nitrogens with one attached hydrogen (secondary N) is 2. The van der Waals surface area contributed by atoms with Crippen LogP contribution in [0.4, 0.5) is 5.69 Å². The molecule has 0 bridgehead atoms. The molecule has 1 amide bonds. The smallest absolute Gasteiger partial charge is 0.243 e. The van der Waals surface area contributed by atoms with Crippen molar-refractivity contribution in [3.05, 3.63) is 59.4 Å². The van der Waals surface area contributed by atoms with Crippen LogP contribution in [-0.4, -0.2) is 16.9 Å². The minimum atomic E-state index is -0.175. The molecular weight excluding hydrogens is 250 g/mol. The van der Waals surface area contributed by atoms with Crippen molar-refractivity contribution >= 4 is 11.6 Å². The standard InChI is InChI=1S/C16H17N3O/c1-11-6-7-12(9-17-11)10-18-16(20)15-8-13-4-2-3-5-14(13)19-15/h2-7,9,15,19H,8,10H2,1H3,(H,18,20)/t15-/m0/s1. The lowest BCUT2D eigenvalue weighted by atomic mass is 10.1. The van der Waals surface area contributed by atoms with Crippen molar-refractivity contribution in [3.8, 4) is 0 Å². The Morgan fingerprint density at radius 2 is 2.20 bits per heavy atom. The fraction of sp³-hybridized carbons (Fsp3) is 0.250. The van der Waals surface area contributed by atoms with E-state index in [-0.39, 0.29) is 11.9 Å². The van der Waals surface area contributed by atoms with Crippen LogP contribution in [-0.2, 0) is 17.8 Å². The molecule has 2 heterocycles. The summed E-state index contributed by atoms with van der Waals surface area (Å²) in [6.07, 6.45) is 2.54. The van der Waals surface area contributed by atoms with Gasteiger partial charge >= 0.3 is 0 Å². The molecule has 0 fully saturated rings. The van der Waals surface area contributed by atoms with Crippen molar-refractivity contribution in [2.75, 3.05) is 5.32 Å². The maximum atomic E-state index is 12.2. The highest BCUT2D eigenvalue weighted by molar-refractivity contribution is 5.87. The van der Waals surface area contributed by atoms with Gasteiger partial charge in [-0.3, -0.25) is 9.78 Å². The number of carbonyl (C=O) groups excluding carboxylic acids is 1. The van der Waals surface area contributed by atoms with Gasteiger partial charge in [-0.1, -0.05) is 24.3 Å². The third kappa shape index (κ3) is 2.64. The summed E-state index contributed by atoms with van der Waals surface area (Å²) in [4.78, 5) is 16.4. The van der Waals surface area contributed by atoms with E-state index in [1.165, 1.54) is 5.56 Å². The molecule has 1 aromatic heterocycles. The lowest BCUT2D eigenvalue weighted by Gasteiger charge is -2.12. The van der Waals surface area contributed by atoms with Crippen LogP contribution in [0.15, 0.2) is 42.6 Å². The fourth-order valence-corrected chi connectivity index (χ4v) is 2.37. The van der Waals surface area contributed by atoms with Gasteiger partial charge in [0, 0.05) is 30.5 Å². The molecule has 102 valence electrons. The Morgan fingerprint density at radius 3 is 2.95 bits per heavy atom. The molecule has 0 saturated heterocycles. The first-order chi connectivity index (χ1) is 9.72. The number of nitrogens with zero attached hydrogens (tertiary/aromatic N) is 1. The number of para-hydroxylation sites is 1. The summed E-state index contributed by atoms with van der Waals surface area (Å²) in [5.41, 5.74) is 4.25. The van der Waals surface area contributed by atoms with Crippen LogP contribution in [0.5, 0.6) is 0 Å². The highest BCUT2D eigenvalue weighted by Gasteiger charge is 2.25. The number of hydrogen-bond acceptors (Lipinski definition) is 3. The summed E-state index contributed by atoms with van der Waals surface area (Å²) in [6.45, 7) is 2.46. The molecule has 1 aliphatic heterocycles. The Kier molecular flexibility index (Phi) is 3.37. The van der Waals surface area contributed by atoms with Crippen LogP contribution in [0.2, 0.25) is 0 Å². The van der Waals surface area contributed by atoms with Gasteiger partial charge in [-0.25, -0.2) is 0 Å². The topological polar surface area (TPSA) is 54.0 Å². The van der Waals surface area contributed by atoms with Crippen LogP contribution < -0.4 is 10.6 Å². The number of benzene rings is 1. The van der Waals surface area contributed by atoms with Crippen LogP contribution in [0.1, 0.15) is 16.8 Å². The summed E-state index contributed by atoms with van der Waals surface area (Å²) in [5, 5.41) is 6.21. The van der Waals surface area contributed by atoms with Crippen LogP contribution in [0, 0.1) is 6.92 Å². The number of hydrogen-bond donors (Lipinski definition) is 2. The molecule has 3 rings (SSSR count). The van der Waals surface area contributed by atoms with Crippen molar-refractivity contribution in [3.63, 3.8) is 0 Å². The maximum absolute atomic E-state index is 12.2. The van der Waals surface area contributed by atoms with Gasteiger partial charge in [-0.2, -0.15) is 0 Å². The van der Waals surface area contributed by atoms with E-state index in [0.29, 0.717) is 6.54 Å². The molecule has 0 spiro atoms. The van der Waals surface area contributed by atoms with Crippen molar-refractivity contribution in [2.24, 2.45) is 0 Å². The number of anilines is 1. The molecular formula is C16H17N3O. The Labute approximate surface area is 118 Å². The van der Waals surface area contributed by atoms with Crippen LogP contribution in [0.25, 0.3) is 0 Å². The molecule has 1 aromatic carbocycles. The molecule has 0 unspecified atom stereocenters. The third-order valence-electron chi connectivity index (χ3n) is 3.53. The van der Waals surface area contributed by atoms with Gasteiger partial charge in [-0.15, -0.1) is 0 Å². The number of amides is 1. The lowest BCUT2D eigenvalue weighted by Crippen LogP contribution is -2.38. The molecule has 4 heteroatoms. The van der Waals surface area contributed by atoms with E-state index in [1.54, 1.807) is 6.20 Å². The second-order valence-electron chi connectivity index (χ2n) is 5.08. The molecule has 2 aromatic rings. The first-order valence-electron chi connectivity index (χ1n) is 6.76. The zero-order valence-electron chi connectivity index (χ0n) is 11.4. The SMILES string of the molecule is Cc1ccc(CNC(=O)[C@@H]2Cc3ccccc3N2)cn1. The van der Waals surface area contributed by atoms with E-state index in [2.05, 4.69) is 21.7 Å². The van der Waals surface area contributed by atoms with Crippen molar-refractivity contribution < 1.29 is 4.79 Å². The lowest BCUT2D eigenvalue weighted by molar-refractivity contribution is -0.121. The van der Waals surface area contributed by atoms with E-state index in [1.807, 2.05) is 37.3 Å². The van der Waals surface area contributed by atoms with Gasteiger partial charge in [0.1, 0.15) is 6.04 Å². The second-order valence-corrected chi connectivity index (χ2v) is 5.08. The molecule has 0 saturated carbocycles. The predicted molar refractivity (Wildman–Crippen MR) is 78.4 cm³/mol. The average molecular weight is 267 g/mol. The normalized spacial score (nSPS) is 16.4. The minimum absolute atomic E-state index is 0.0294. The molecule has 1 atom stereocenters. The largest absolute Gasteiger partial charge is 0.373 e. The van der Waals surface area contributed by atoms with Gasteiger partial charge in [0.25, 0.3) is 0 Å². The average Bonchev–Trinajstić information content (AvgIpc) is 2.90. The van der Waals surface area contributed by atoms with Gasteiger partial charge in [0.2, 0.25) is 5.91 Å². The fourth-order valence-electron chi connectivity index (χ4n) is 2.37. The Hall–Kier alpha value is -2.36.